The molecule has 0 spiro atoms. The summed E-state index contributed by atoms with van der Waals surface area (Å²) in [6.07, 6.45) is 14.1. The summed E-state index contributed by atoms with van der Waals surface area (Å²) in [5, 5.41) is 3.45. The average molecular weight is 1090 g/mol. The monoisotopic (exact) mass is 1090 g/mol. The van der Waals surface area contributed by atoms with Gasteiger partial charge in [0.15, 0.2) is 0 Å². The molecule has 3 rings (SSSR count). The van der Waals surface area contributed by atoms with E-state index in [-0.39, 0.29) is 33.5 Å². The molecule has 0 aromatic carbocycles. The molecule has 3 aliphatic heterocycles. The summed E-state index contributed by atoms with van der Waals surface area (Å²) < 4.78 is 28.7. The SMILES string of the molecule is CCN(CC)CCCOC(C)(C)C.CCN1CCCC(COC(C)(C)C)C1.CN(C)CCCCOC(C)(C)C.CN(C)CCCNC(C)(C)C.CN1CCCC(COC(C)(C)C)C1.CN1CCCCC1COC(C)(C)C. The lowest BCUT2D eigenvalue weighted by Crippen LogP contribution is -2.41. The molecule has 0 radical (unpaired) electrons. The molecule has 0 aliphatic carbocycles. The molecular formula is C64H141N7O5. The molecule has 76 heavy (non-hydrogen) atoms. The summed E-state index contributed by atoms with van der Waals surface area (Å²) in [4.78, 5) is 14.2. The fourth-order valence-electron chi connectivity index (χ4n) is 8.39. The second kappa shape index (κ2) is 43.2. The minimum atomic E-state index is 0.0122. The summed E-state index contributed by atoms with van der Waals surface area (Å²) in [7, 11) is 12.8. The predicted molar refractivity (Wildman–Crippen MR) is 335 cm³/mol. The summed E-state index contributed by atoms with van der Waals surface area (Å²) in [5.41, 5.74) is 0.372. The van der Waals surface area contributed by atoms with Crippen molar-refractivity contribution >= 4 is 0 Å². The van der Waals surface area contributed by atoms with Gasteiger partial charge in [-0.1, -0.05) is 27.2 Å². The van der Waals surface area contributed by atoms with E-state index in [1.165, 1.54) is 104 Å². The van der Waals surface area contributed by atoms with Gasteiger partial charge in [0.25, 0.3) is 0 Å². The van der Waals surface area contributed by atoms with E-state index in [9.17, 15) is 0 Å². The predicted octanol–water partition coefficient (Wildman–Crippen LogP) is 13.0. The van der Waals surface area contributed by atoms with Crippen molar-refractivity contribution < 1.29 is 23.7 Å². The Morgan fingerprint density at radius 1 is 0.461 bits per heavy atom. The van der Waals surface area contributed by atoms with E-state index < -0.39 is 0 Å². The van der Waals surface area contributed by atoms with Gasteiger partial charge in [-0.25, -0.2) is 0 Å². The fourth-order valence-corrected chi connectivity index (χ4v) is 8.39. The van der Waals surface area contributed by atoms with Gasteiger partial charge in [-0.15, -0.1) is 0 Å². The van der Waals surface area contributed by atoms with Gasteiger partial charge in [-0.3, -0.25) is 0 Å². The third-order valence-corrected chi connectivity index (χ3v) is 12.9. The smallest absolute Gasteiger partial charge is 0.0628 e. The quantitative estimate of drug-likeness (QED) is 0.105. The van der Waals surface area contributed by atoms with Crippen LogP contribution in [0.2, 0.25) is 0 Å². The van der Waals surface area contributed by atoms with E-state index in [4.69, 9.17) is 23.7 Å². The van der Waals surface area contributed by atoms with Crippen LogP contribution in [-0.2, 0) is 23.7 Å². The molecule has 0 amide bonds. The number of piperidine rings is 3. The first-order valence-electron chi connectivity index (χ1n) is 30.9. The third-order valence-electron chi connectivity index (χ3n) is 12.9. The van der Waals surface area contributed by atoms with Crippen LogP contribution in [0.4, 0.5) is 0 Å². The highest BCUT2D eigenvalue weighted by atomic mass is 16.5. The lowest BCUT2D eigenvalue weighted by molar-refractivity contribution is -0.0380. The van der Waals surface area contributed by atoms with Crippen LogP contribution < -0.4 is 5.32 Å². The average Bonchev–Trinajstić information content (AvgIpc) is 3.28. The summed E-state index contributed by atoms with van der Waals surface area (Å²) in [6.45, 7) is 63.7. The van der Waals surface area contributed by atoms with Crippen LogP contribution in [0.5, 0.6) is 0 Å². The summed E-state index contributed by atoms with van der Waals surface area (Å²) in [6, 6.07) is 0.646. The van der Waals surface area contributed by atoms with Gasteiger partial charge < -0.3 is 58.4 Å². The molecule has 0 bridgehead atoms. The van der Waals surface area contributed by atoms with Crippen LogP contribution in [0.15, 0.2) is 0 Å². The Kier molecular flexibility index (Phi) is 45.4. The normalized spacial score (nSPS) is 19.6. The topological polar surface area (TPSA) is 77.6 Å². The maximum atomic E-state index is 5.83. The molecule has 12 heteroatoms. The van der Waals surface area contributed by atoms with E-state index in [0.29, 0.717) is 6.04 Å². The van der Waals surface area contributed by atoms with E-state index >= 15 is 0 Å². The van der Waals surface area contributed by atoms with Gasteiger partial charge in [-0.2, -0.15) is 0 Å². The second-order valence-corrected chi connectivity index (χ2v) is 28.7. The number of nitrogens with one attached hydrogen (secondary N) is 1. The highest BCUT2D eigenvalue weighted by Crippen LogP contribution is 2.21. The number of likely N-dealkylation sites (N-methyl/N-ethyl adjacent to an activating group) is 1. The molecule has 3 heterocycles. The Hall–Kier alpha value is -0.480. The van der Waals surface area contributed by atoms with Crippen molar-refractivity contribution in [1.29, 1.82) is 0 Å². The van der Waals surface area contributed by atoms with Crippen molar-refractivity contribution in [2.24, 2.45) is 11.8 Å². The van der Waals surface area contributed by atoms with Crippen molar-refractivity contribution in [1.82, 2.24) is 34.7 Å². The van der Waals surface area contributed by atoms with Gasteiger partial charge in [0, 0.05) is 44.4 Å². The zero-order valence-corrected chi connectivity index (χ0v) is 56.8. The van der Waals surface area contributed by atoms with Crippen LogP contribution in [0.25, 0.3) is 0 Å². The minimum Gasteiger partial charge on any atom is -0.376 e. The summed E-state index contributed by atoms with van der Waals surface area (Å²) in [5.74, 6) is 1.50. The molecule has 3 saturated heterocycles. The van der Waals surface area contributed by atoms with Crippen molar-refractivity contribution in [3.63, 3.8) is 0 Å². The van der Waals surface area contributed by atoms with Crippen LogP contribution in [0.3, 0.4) is 0 Å². The molecule has 3 aliphatic rings. The highest BCUT2D eigenvalue weighted by molar-refractivity contribution is 4.76. The van der Waals surface area contributed by atoms with Crippen molar-refractivity contribution in [3.05, 3.63) is 0 Å². The lowest BCUT2D eigenvalue weighted by atomic mass is 9.99. The molecular weight excluding hydrogens is 947 g/mol. The third kappa shape index (κ3) is 61.1. The van der Waals surface area contributed by atoms with E-state index in [0.717, 1.165) is 90.4 Å². The zero-order valence-electron chi connectivity index (χ0n) is 56.8. The minimum absolute atomic E-state index is 0.0122. The van der Waals surface area contributed by atoms with Crippen LogP contribution >= 0.6 is 0 Å². The highest BCUT2D eigenvalue weighted by Gasteiger charge is 2.23. The number of hydrogen-bond acceptors (Lipinski definition) is 12. The molecule has 0 saturated carbocycles. The Bertz CT molecular complexity index is 1270. The van der Waals surface area contributed by atoms with Crippen LogP contribution in [0.1, 0.15) is 216 Å². The number of nitrogens with zero attached hydrogens (tertiary/aromatic N) is 6. The van der Waals surface area contributed by atoms with Gasteiger partial charge in [-0.05, 0) is 302 Å². The molecule has 3 unspecified atom stereocenters. The molecule has 0 aromatic heterocycles. The summed E-state index contributed by atoms with van der Waals surface area (Å²) >= 11 is 0. The number of rotatable bonds is 22. The maximum absolute atomic E-state index is 5.83. The molecule has 462 valence electrons. The first-order chi connectivity index (χ1) is 34.8. The Morgan fingerprint density at radius 3 is 1.33 bits per heavy atom. The largest absolute Gasteiger partial charge is 0.376 e. The fraction of sp³-hybridized carbons (Fsp3) is 1.00. The van der Waals surface area contributed by atoms with Crippen molar-refractivity contribution in [2.75, 3.05) is 154 Å². The first kappa shape index (κ1) is 79.7. The van der Waals surface area contributed by atoms with Gasteiger partial charge in [0.2, 0.25) is 0 Å². The first-order valence-corrected chi connectivity index (χ1v) is 30.9. The number of ether oxygens (including phenoxy) is 5. The van der Waals surface area contributed by atoms with Gasteiger partial charge in [0.1, 0.15) is 0 Å². The molecule has 12 nitrogen and oxygen atoms in total. The van der Waals surface area contributed by atoms with E-state index in [2.05, 4.69) is 222 Å². The van der Waals surface area contributed by atoms with Crippen molar-refractivity contribution in [3.8, 4) is 0 Å². The molecule has 3 fully saturated rings. The van der Waals surface area contributed by atoms with Gasteiger partial charge in [0.05, 0.1) is 47.8 Å². The van der Waals surface area contributed by atoms with Gasteiger partial charge >= 0.3 is 0 Å². The zero-order chi connectivity index (χ0) is 59.2. The van der Waals surface area contributed by atoms with Crippen LogP contribution in [-0.4, -0.2) is 223 Å². The van der Waals surface area contributed by atoms with E-state index in [1.54, 1.807) is 0 Å². The van der Waals surface area contributed by atoms with Crippen LogP contribution in [0, 0.1) is 11.8 Å². The Labute approximate surface area is 477 Å². The Morgan fingerprint density at radius 2 is 0.908 bits per heavy atom. The number of hydrogen-bond donors (Lipinski definition) is 1. The second-order valence-electron chi connectivity index (χ2n) is 28.7. The molecule has 1 N–H and O–H groups in total. The van der Waals surface area contributed by atoms with E-state index in [1.807, 2.05) is 0 Å². The lowest BCUT2D eigenvalue weighted by Gasteiger charge is -2.34. The molecule has 3 atom stereocenters. The number of unbranched alkanes of at least 4 members (excludes halogenated alkanes) is 1. The molecule has 0 aromatic rings. The maximum Gasteiger partial charge on any atom is 0.0628 e. The number of likely N-dealkylation sites (tertiary alicyclic amines) is 3. The van der Waals surface area contributed by atoms with Crippen molar-refractivity contribution in [2.45, 2.75) is 256 Å². The Balaban J connectivity index is -0.000000843. The standard InChI is InChI=1S/C12H25NO.2C11H23NO.C11H25NO.C10H23NO.C9H22N2/c1-5-13-8-6-7-11(9-13)10-14-12(2,3)4;1-11(2,3)13-9-10-6-5-7-12(4)8-10;1-11(2,3)13-9-10-7-5-6-8-12(10)4;1-6-12(7-2)9-8-10-13-11(3,4)5;1-10(2,3)12-9-7-6-8-11(4)5;1-9(2,3)10-7-6-8-11(4)5/h11H,5-10H2,1-4H3;2*10H,5-9H2,1-4H3;6-10H2,1-5H3;6-9H2,1-5H3;10H,6-8H2,1-5H3.